The molecule has 0 fully saturated rings. The van der Waals surface area contributed by atoms with Crippen molar-refractivity contribution >= 4 is 67.1 Å². The molecule has 1 atom stereocenters. The molecule has 18 heteroatoms. The molecule has 0 saturated heterocycles. The molecule has 264 valence electrons. The van der Waals surface area contributed by atoms with Crippen molar-refractivity contribution in [1.82, 2.24) is 29.6 Å². The van der Waals surface area contributed by atoms with Gasteiger partial charge in [0.2, 0.25) is 10.0 Å². The van der Waals surface area contributed by atoms with Crippen molar-refractivity contribution in [2.24, 2.45) is 7.05 Å². The number of carbonyl (C=O) groups is 1. The van der Waals surface area contributed by atoms with E-state index in [1.165, 1.54) is 43.1 Å². The summed E-state index contributed by atoms with van der Waals surface area (Å²) in [7, 11) is -0.966. The quantitative estimate of drug-likeness (QED) is 0.138. The third kappa shape index (κ3) is 7.57. The number of pyridine rings is 1. The van der Waals surface area contributed by atoms with Crippen LogP contribution in [0.3, 0.4) is 0 Å². The maximum absolute atomic E-state index is 14.3. The van der Waals surface area contributed by atoms with Crippen LogP contribution >= 0.6 is 23.2 Å². The first-order valence-electron chi connectivity index (χ1n) is 15.1. The first kappa shape index (κ1) is 35.5. The van der Waals surface area contributed by atoms with Gasteiger partial charge in [0, 0.05) is 19.5 Å². The summed E-state index contributed by atoms with van der Waals surface area (Å²) in [6.07, 6.45) is -1.69. The number of methoxy groups -OCH3 is 1. The molecule has 0 aliphatic carbocycles. The summed E-state index contributed by atoms with van der Waals surface area (Å²) in [5.74, 6) is -1.82. The molecule has 0 aliphatic heterocycles. The highest BCUT2D eigenvalue weighted by Gasteiger charge is 2.28. The molecular formula is C33H27Cl2F2N7O6S. The van der Waals surface area contributed by atoms with Crippen LogP contribution in [0.2, 0.25) is 10.2 Å². The van der Waals surface area contributed by atoms with Gasteiger partial charge in [0.15, 0.2) is 11.5 Å². The van der Waals surface area contributed by atoms with E-state index in [0.717, 1.165) is 22.3 Å². The smallest absolute Gasteiger partial charge is 0.405 e. The number of fused-ring (bicyclic) bond motifs is 2. The highest BCUT2D eigenvalue weighted by Crippen LogP contribution is 2.35. The molecule has 3 aromatic carbocycles. The van der Waals surface area contributed by atoms with Crippen LogP contribution in [0.15, 0.2) is 71.5 Å². The van der Waals surface area contributed by atoms with E-state index >= 15 is 0 Å². The molecular weight excluding hydrogens is 731 g/mol. The number of benzene rings is 3. The Balaban J connectivity index is 1.50. The van der Waals surface area contributed by atoms with Crippen molar-refractivity contribution in [3.63, 3.8) is 0 Å². The third-order valence-electron chi connectivity index (χ3n) is 7.92. The number of amides is 1. The lowest BCUT2D eigenvalue weighted by molar-refractivity contribution is 0.189. The fourth-order valence-electron chi connectivity index (χ4n) is 5.70. The van der Waals surface area contributed by atoms with Crippen LogP contribution in [-0.2, 0) is 29.9 Å². The van der Waals surface area contributed by atoms with Gasteiger partial charge in [-0.25, -0.2) is 32.0 Å². The predicted molar refractivity (Wildman–Crippen MR) is 187 cm³/mol. The van der Waals surface area contributed by atoms with Gasteiger partial charge in [0.25, 0.3) is 5.56 Å². The summed E-state index contributed by atoms with van der Waals surface area (Å²) in [4.78, 5) is 35.0. The zero-order valence-electron chi connectivity index (χ0n) is 26.7. The Morgan fingerprint density at radius 3 is 2.37 bits per heavy atom. The summed E-state index contributed by atoms with van der Waals surface area (Å²) in [6.45, 7) is 0. The van der Waals surface area contributed by atoms with Gasteiger partial charge in [0.1, 0.15) is 28.4 Å². The van der Waals surface area contributed by atoms with Crippen LogP contribution in [0, 0.1) is 11.6 Å². The molecule has 3 N–H and O–H groups in total. The van der Waals surface area contributed by atoms with Gasteiger partial charge in [-0.05, 0) is 66.1 Å². The average Bonchev–Trinajstić information content (AvgIpc) is 3.38. The second kappa shape index (κ2) is 14.1. The number of hydrogen-bond donors (Lipinski definition) is 3. The number of sulfonamides is 1. The van der Waals surface area contributed by atoms with E-state index in [2.05, 4.69) is 25.1 Å². The minimum atomic E-state index is -3.99. The van der Waals surface area contributed by atoms with E-state index in [0.29, 0.717) is 11.8 Å². The van der Waals surface area contributed by atoms with Crippen LogP contribution in [0.4, 0.5) is 19.4 Å². The van der Waals surface area contributed by atoms with E-state index in [1.807, 2.05) is 0 Å². The van der Waals surface area contributed by atoms with E-state index in [9.17, 15) is 31.9 Å². The fraction of sp³-hybridized carbons (Fsp3) is 0.182. The van der Waals surface area contributed by atoms with Gasteiger partial charge >= 0.3 is 6.09 Å². The lowest BCUT2D eigenvalue weighted by Gasteiger charge is -2.22. The number of anilines is 1. The molecule has 13 nitrogen and oxygen atoms in total. The molecule has 0 aliphatic rings. The summed E-state index contributed by atoms with van der Waals surface area (Å²) in [5.41, 5.74) is 0.228. The molecule has 0 spiro atoms. The van der Waals surface area contributed by atoms with Crippen LogP contribution in [0.1, 0.15) is 23.0 Å². The number of carboxylic acid groups (broad SMARTS) is 1. The first-order valence-corrected chi connectivity index (χ1v) is 17.5. The van der Waals surface area contributed by atoms with Crippen LogP contribution in [-0.4, -0.2) is 56.8 Å². The van der Waals surface area contributed by atoms with Gasteiger partial charge in [-0.3, -0.25) is 18.8 Å². The maximum atomic E-state index is 14.3. The fourth-order valence-corrected chi connectivity index (χ4v) is 7.13. The second-order valence-electron chi connectivity index (χ2n) is 11.4. The molecule has 0 bridgehead atoms. The highest BCUT2D eigenvalue weighted by molar-refractivity contribution is 7.92. The maximum Gasteiger partial charge on any atom is 0.405 e. The van der Waals surface area contributed by atoms with E-state index in [4.69, 9.17) is 27.9 Å². The van der Waals surface area contributed by atoms with E-state index < -0.39 is 39.4 Å². The van der Waals surface area contributed by atoms with Gasteiger partial charge in [-0.2, -0.15) is 5.10 Å². The molecule has 6 aromatic rings. The minimum absolute atomic E-state index is 0.00116. The lowest BCUT2D eigenvalue weighted by atomic mass is 10.0. The summed E-state index contributed by atoms with van der Waals surface area (Å²) >= 11 is 12.7. The van der Waals surface area contributed by atoms with Crippen molar-refractivity contribution in [3.05, 3.63) is 116 Å². The molecule has 0 saturated carbocycles. The Labute approximate surface area is 298 Å². The van der Waals surface area contributed by atoms with Gasteiger partial charge in [-0.15, -0.1) is 0 Å². The highest BCUT2D eigenvalue weighted by atomic mass is 35.5. The number of aryl methyl sites for hydroxylation is 2. The van der Waals surface area contributed by atoms with Crippen molar-refractivity contribution < 1.29 is 31.8 Å². The number of aromatic nitrogens is 5. The van der Waals surface area contributed by atoms with Crippen molar-refractivity contribution in [2.45, 2.75) is 18.9 Å². The Morgan fingerprint density at radius 2 is 1.71 bits per heavy atom. The first-order chi connectivity index (χ1) is 24.2. The van der Waals surface area contributed by atoms with Crippen LogP contribution < -0.4 is 20.3 Å². The monoisotopic (exact) mass is 757 g/mol. The SMILES string of the molecule is COc1ccc(CCS(=O)(=O)Nc2nn(C)c3c(-n4c([C@H](Cc5cc(F)cc(F)c5)NC(=O)O)nc5nc(Cl)ccc5c4=O)ccc(Cl)c23)cc1. The molecule has 1 amide bonds. The van der Waals surface area contributed by atoms with Gasteiger partial charge in [-0.1, -0.05) is 35.3 Å². The molecule has 0 unspecified atom stereocenters. The average molecular weight is 759 g/mol. The van der Waals surface area contributed by atoms with Crippen molar-refractivity contribution in [2.75, 3.05) is 17.6 Å². The number of halogens is 4. The summed E-state index contributed by atoms with van der Waals surface area (Å²) in [6, 6.07) is 13.9. The molecule has 6 rings (SSSR count). The standard InChI is InChI=1S/C33H27Cl2F2N7O6S/c1-43-28-25(9-8-23(34)27(28)30(41-43)42-51(48,49)12-11-17-3-5-21(50-2)6-4-17)44-31(40-29-22(32(44)45)7-10-26(35)39-29)24(38-33(46)47)15-18-13-19(36)16-20(37)14-18/h3-10,13-14,16,24,38H,11-12,15H2,1-2H3,(H,41,42)(H,46,47)/t24-/m0/s1. The lowest BCUT2D eigenvalue weighted by Crippen LogP contribution is -2.35. The topological polar surface area (TPSA) is 170 Å². The Morgan fingerprint density at radius 1 is 1.00 bits per heavy atom. The molecule has 3 aromatic heterocycles. The Kier molecular flexibility index (Phi) is 9.83. The Hall–Kier alpha value is -5.32. The van der Waals surface area contributed by atoms with Gasteiger partial charge in [0.05, 0.1) is 45.9 Å². The number of ether oxygens (including phenoxy) is 1. The second-order valence-corrected chi connectivity index (χ2v) is 14.0. The summed E-state index contributed by atoms with van der Waals surface area (Å²) < 4.78 is 65.0. The number of nitrogens with one attached hydrogen (secondary N) is 2. The van der Waals surface area contributed by atoms with Gasteiger partial charge < -0.3 is 15.2 Å². The number of nitrogens with zero attached hydrogens (tertiary/aromatic N) is 5. The van der Waals surface area contributed by atoms with E-state index in [-0.39, 0.29) is 73.6 Å². The Bertz CT molecular complexity index is 2480. The van der Waals surface area contributed by atoms with Crippen LogP contribution in [0.5, 0.6) is 5.75 Å². The molecule has 0 radical (unpaired) electrons. The zero-order chi connectivity index (χ0) is 36.6. The third-order valence-corrected chi connectivity index (χ3v) is 9.69. The number of rotatable bonds is 11. The van der Waals surface area contributed by atoms with Crippen LogP contribution in [0.25, 0.3) is 27.6 Å². The van der Waals surface area contributed by atoms with E-state index in [1.54, 1.807) is 24.3 Å². The zero-order valence-corrected chi connectivity index (χ0v) is 29.0. The molecule has 3 heterocycles. The van der Waals surface area contributed by atoms with Crippen molar-refractivity contribution in [3.8, 4) is 11.4 Å². The largest absolute Gasteiger partial charge is 0.497 e. The normalized spacial score (nSPS) is 12.3. The molecule has 51 heavy (non-hydrogen) atoms. The minimum Gasteiger partial charge on any atom is -0.497 e. The summed E-state index contributed by atoms with van der Waals surface area (Å²) in [5, 5.41) is 16.7. The number of hydrogen-bond acceptors (Lipinski definition) is 8. The predicted octanol–water partition coefficient (Wildman–Crippen LogP) is 5.80. The van der Waals surface area contributed by atoms with Crippen molar-refractivity contribution in [1.29, 1.82) is 0 Å².